The molecule has 1 aliphatic heterocycles. The first-order valence-corrected chi connectivity index (χ1v) is 7.21. The van der Waals surface area contributed by atoms with Crippen LogP contribution in [0.3, 0.4) is 0 Å². The minimum atomic E-state index is -0.332. The fourth-order valence-corrected chi connectivity index (χ4v) is 2.65. The number of pyridine rings is 1. The zero-order valence-corrected chi connectivity index (χ0v) is 12.3. The van der Waals surface area contributed by atoms with E-state index in [0.29, 0.717) is 5.92 Å². The third-order valence-corrected chi connectivity index (χ3v) is 4.89. The molecule has 1 aromatic rings. The quantitative estimate of drug-likeness (QED) is 0.765. The molecular formula is C15H22BNO2. The SMILES string of the molecule is CC1(C)OB(c2ncccc2C2CCC2)OC1(C)C. The first kappa shape index (κ1) is 13.1. The fraction of sp³-hybridized carbons (Fsp3) is 0.667. The maximum Gasteiger partial charge on any atom is 0.514 e. The summed E-state index contributed by atoms with van der Waals surface area (Å²) < 4.78 is 12.2. The maximum atomic E-state index is 6.12. The molecule has 3 rings (SSSR count). The Hall–Kier alpha value is -0.865. The van der Waals surface area contributed by atoms with Gasteiger partial charge in [0.25, 0.3) is 0 Å². The van der Waals surface area contributed by atoms with Crippen LogP contribution in [0.5, 0.6) is 0 Å². The summed E-state index contributed by atoms with van der Waals surface area (Å²) >= 11 is 0. The van der Waals surface area contributed by atoms with Gasteiger partial charge in [0.2, 0.25) is 0 Å². The van der Waals surface area contributed by atoms with E-state index in [0.717, 1.165) is 5.59 Å². The summed E-state index contributed by atoms with van der Waals surface area (Å²) in [5.74, 6) is 0.641. The molecule has 1 saturated heterocycles. The predicted octanol–water partition coefficient (Wildman–Crippen LogP) is 2.65. The summed E-state index contributed by atoms with van der Waals surface area (Å²) in [4.78, 5) is 4.54. The Balaban J connectivity index is 1.91. The summed E-state index contributed by atoms with van der Waals surface area (Å²) in [5, 5.41) is 0. The topological polar surface area (TPSA) is 31.4 Å². The third kappa shape index (κ3) is 2.11. The molecule has 0 atom stereocenters. The smallest absolute Gasteiger partial charge is 0.398 e. The van der Waals surface area contributed by atoms with Gasteiger partial charge in [0.15, 0.2) is 0 Å². The molecule has 0 amide bonds. The summed E-state index contributed by atoms with van der Waals surface area (Å²) in [6, 6.07) is 4.19. The largest absolute Gasteiger partial charge is 0.514 e. The number of aromatic nitrogens is 1. The number of hydrogen-bond acceptors (Lipinski definition) is 3. The lowest BCUT2D eigenvalue weighted by atomic mass is 9.71. The van der Waals surface area contributed by atoms with Crippen LogP contribution < -0.4 is 5.59 Å². The van der Waals surface area contributed by atoms with Crippen molar-refractivity contribution in [1.82, 2.24) is 4.98 Å². The normalized spacial score (nSPS) is 25.4. The van der Waals surface area contributed by atoms with E-state index in [1.54, 1.807) is 0 Å². The monoisotopic (exact) mass is 259 g/mol. The highest BCUT2D eigenvalue weighted by atomic mass is 16.7. The first-order chi connectivity index (χ1) is 8.91. The van der Waals surface area contributed by atoms with E-state index in [-0.39, 0.29) is 18.3 Å². The molecule has 0 bridgehead atoms. The van der Waals surface area contributed by atoms with Gasteiger partial charge in [0.1, 0.15) is 0 Å². The number of rotatable bonds is 2. The van der Waals surface area contributed by atoms with E-state index < -0.39 is 0 Å². The molecule has 0 unspecified atom stereocenters. The lowest BCUT2D eigenvalue weighted by molar-refractivity contribution is 0.00578. The van der Waals surface area contributed by atoms with Crippen LogP contribution in [0.4, 0.5) is 0 Å². The standard InChI is InChI=1S/C15H22BNO2/c1-14(2)15(3,4)19-16(18-14)13-12(9-6-10-17-13)11-7-5-8-11/h6,9-11H,5,7-8H2,1-4H3. The molecule has 0 spiro atoms. The van der Waals surface area contributed by atoms with Gasteiger partial charge >= 0.3 is 7.12 Å². The molecule has 102 valence electrons. The molecule has 2 aliphatic rings. The molecule has 2 fully saturated rings. The molecule has 1 aromatic heterocycles. The van der Waals surface area contributed by atoms with Gasteiger partial charge in [0, 0.05) is 6.20 Å². The third-order valence-electron chi connectivity index (χ3n) is 4.89. The van der Waals surface area contributed by atoms with Crippen LogP contribution in [0.2, 0.25) is 0 Å². The highest BCUT2D eigenvalue weighted by Gasteiger charge is 2.53. The van der Waals surface area contributed by atoms with Crippen molar-refractivity contribution in [3.05, 3.63) is 23.9 Å². The van der Waals surface area contributed by atoms with Gasteiger partial charge in [-0.25, -0.2) is 0 Å². The van der Waals surface area contributed by atoms with Gasteiger partial charge in [-0.1, -0.05) is 12.5 Å². The Morgan fingerprint density at radius 1 is 1.16 bits per heavy atom. The van der Waals surface area contributed by atoms with Crippen molar-refractivity contribution < 1.29 is 9.31 Å². The average Bonchev–Trinajstić information content (AvgIpc) is 2.46. The Labute approximate surface area is 115 Å². The summed E-state index contributed by atoms with van der Waals surface area (Å²) in [7, 11) is -0.332. The Kier molecular flexibility index (Phi) is 2.99. The van der Waals surface area contributed by atoms with Crippen LogP contribution in [0.1, 0.15) is 58.4 Å². The lowest BCUT2D eigenvalue weighted by Gasteiger charge is -2.32. The van der Waals surface area contributed by atoms with E-state index in [9.17, 15) is 0 Å². The van der Waals surface area contributed by atoms with Crippen molar-refractivity contribution in [1.29, 1.82) is 0 Å². The van der Waals surface area contributed by atoms with Crippen LogP contribution in [-0.4, -0.2) is 23.3 Å². The molecule has 4 heteroatoms. The lowest BCUT2D eigenvalue weighted by Crippen LogP contribution is -2.41. The van der Waals surface area contributed by atoms with Crippen LogP contribution in [-0.2, 0) is 9.31 Å². The van der Waals surface area contributed by atoms with Crippen molar-refractivity contribution in [3.63, 3.8) is 0 Å². The van der Waals surface area contributed by atoms with Crippen molar-refractivity contribution in [2.24, 2.45) is 0 Å². The van der Waals surface area contributed by atoms with Crippen molar-refractivity contribution in [3.8, 4) is 0 Å². The number of nitrogens with zero attached hydrogens (tertiary/aromatic N) is 1. The van der Waals surface area contributed by atoms with Gasteiger partial charge in [0.05, 0.1) is 16.8 Å². The van der Waals surface area contributed by atoms with E-state index >= 15 is 0 Å². The van der Waals surface area contributed by atoms with Crippen molar-refractivity contribution >= 4 is 12.7 Å². The zero-order chi connectivity index (χ0) is 13.7. The summed E-state index contributed by atoms with van der Waals surface area (Å²) in [5.41, 5.74) is 1.69. The molecular weight excluding hydrogens is 237 g/mol. The average molecular weight is 259 g/mol. The molecule has 0 N–H and O–H groups in total. The second-order valence-corrected chi connectivity index (χ2v) is 6.69. The Morgan fingerprint density at radius 2 is 1.79 bits per heavy atom. The molecule has 1 aliphatic carbocycles. The Bertz CT molecular complexity index is 467. The predicted molar refractivity (Wildman–Crippen MR) is 76.5 cm³/mol. The molecule has 19 heavy (non-hydrogen) atoms. The molecule has 0 radical (unpaired) electrons. The van der Waals surface area contributed by atoms with Gasteiger partial charge in [-0.2, -0.15) is 0 Å². The summed E-state index contributed by atoms with van der Waals surface area (Å²) in [6.45, 7) is 8.33. The highest BCUT2D eigenvalue weighted by Crippen LogP contribution is 2.39. The van der Waals surface area contributed by atoms with Crippen LogP contribution in [0.15, 0.2) is 18.3 Å². The van der Waals surface area contributed by atoms with Gasteiger partial charge < -0.3 is 9.31 Å². The summed E-state index contributed by atoms with van der Waals surface area (Å²) in [6.07, 6.45) is 5.68. The highest BCUT2D eigenvalue weighted by molar-refractivity contribution is 6.61. The second kappa shape index (κ2) is 4.32. The molecule has 2 heterocycles. The zero-order valence-electron chi connectivity index (χ0n) is 12.3. The minimum Gasteiger partial charge on any atom is -0.398 e. The molecule has 3 nitrogen and oxygen atoms in total. The Morgan fingerprint density at radius 3 is 2.32 bits per heavy atom. The van der Waals surface area contributed by atoms with Gasteiger partial charge in [-0.3, -0.25) is 4.98 Å². The van der Waals surface area contributed by atoms with Crippen molar-refractivity contribution in [2.75, 3.05) is 0 Å². The van der Waals surface area contributed by atoms with Gasteiger partial charge in [-0.15, -0.1) is 0 Å². The molecule has 0 aromatic carbocycles. The van der Waals surface area contributed by atoms with Crippen molar-refractivity contribution in [2.45, 2.75) is 64.1 Å². The van der Waals surface area contributed by atoms with Gasteiger partial charge in [-0.05, 0) is 58.1 Å². The van der Waals surface area contributed by atoms with E-state index in [1.165, 1.54) is 24.8 Å². The van der Waals surface area contributed by atoms with E-state index in [4.69, 9.17) is 9.31 Å². The molecule has 1 saturated carbocycles. The van der Waals surface area contributed by atoms with E-state index in [2.05, 4.69) is 38.7 Å². The fourth-order valence-electron chi connectivity index (χ4n) is 2.65. The first-order valence-electron chi connectivity index (χ1n) is 7.21. The van der Waals surface area contributed by atoms with Crippen LogP contribution in [0, 0.1) is 0 Å². The van der Waals surface area contributed by atoms with Crippen LogP contribution >= 0.6 is 0 Å². The number of hydrogen-bond donors (Lipinski definition) is 0. The van der Waals surface area contributed by atoms with E-state index in [1.807, 2.05) is 12.3 Å². The second-order valence-electron chi connectivity index (χ2n) is 6.69. The minimum absolute atomic E-state index is 0.300. The maximum absolute atomic E-state index is 6.12. The van der Waals surface area contributed by atoms with Crippen LogP contribution in [0.25, 0.3) is 0 Å².